The molecule has 9 heteroatoms. The molecule has 2 heterocycles. The molecule has 1 amide bonds. The van der Waals surface area contributed by atoms with Crippen molar-refractivity contribution in [3.05, 3.63) is 74.2 Å². The number of carbonyl (C=O) groups excluding carboxylic acids is 1. The maximum atomic E-state index is 13.0. The first kappa shape index (κ1) is 21.2. The fraction of sp³-hybridized carbons (Fsp3) is 0.261. The highest BCUT2D eigenvalue weighted by atomic mass is 16.5. The van der Waals surface area contributed by atoms with E-state index < -0.39 is 17.2 Å². The molecule has 0 unspecified atom stereocenters. The number of para-hydroxylation sites is 1. The van der Waals surface area contributed by atoms with Crippen LogP contribution in [0.15, 0.2) is 50.5 Å². The van der Waals surface area contributed by atoms with Gasteiger partial charge in [-0.15, -0.1) is 0 Å². The summed E-state index contributed by atoms with van der Waals surface area (Å²) in [5, 5.41) is 7.25. The van der Waals surface area contributed by atoms with E-state index in [-0.39, 0.29) is 12.5 Å². The first-order valence-corrected chi connectivity index (χ1v) is 10.3. The van der Waals surface area contributed by atoms with E-state index in [1.807, 2.05) is 32.9 Å². The van der Waals surface area contributed by atoms with Crippen molar-refractivity contribution in [3.8, 4) is 11.5 Å². The van der Waals surface area contributed by atoms with Gasteiger partial charge in [0.05, 0.1) is 22.2 Å². The number of benzene rings is 2. The van der Waals surface area contributed by atoms with Gasteiger partial charge in [0.2, 0.25) is 0 Å². The molecule has 0 radical (unpaired) electrons. The van der Waals surface area contributed by atoms with Gasteiger partial charge in [0.1, 0.15) is 0 Å². The molecule has 0 bridgehead atoms. The van der Waals surface area contributed by atoms with Crippen LogP contribution in [-0.4, -0.2) is 25.6 Å². The number of aromatic amines is 1. The first-order chi connectivity index (χ1) is 15.3. The maximum Gasteiger partial charge on any atom is 0.328 e. The molecule has 4 aromatic rings. The second-order valence-electron chi connectivity index (χ2n) is 7.80. The molecule has 0 saturated heterocycles. The van der Waals surface area contributed by atoms with Crippen LogP contribution in [0.3, 0.4) is 0 Å². The van der Waals surface area contributed by atoms with Crippen molar-refractivity contribution in [2.75, 3.05) is 5.32 Å². The van der Waals surface area contributed by atoms with Crippen LogP contribution in [0.4, 0.5) is 5.69 Å². The van der Waals surface area contributed by atoms with E-state index >= 15 is 0 Å². The van der Waals surface area contributed by atoms with Gasteiger partial charge in [0.15, 0.2) is 5.82 Å². The highest BCUT2D eigenvalue weighted by molar-refractivity contribution is 6.08. The topological polar surface area (TPSA) is 123 Å². The third-order valence-corrected chi connectivity index (χ3v) is 5.26. The van der Waals surface area contributed by atoms with Crippen molar-refractivity contribution < 1.29 is 9.32 Å². The quantitative estimate of drug-likeness (QED) is 0.497. The number of fused-ring (bicyclic) bond motifs is 1. The average Bonchev–Trinajstić information content (AvgIpc) is 3.25. The molecule has 0 atom stereocenters. The molecule has 0 saturated carbocycles. The summed E-state index contributed by atoms with van der Waals surface area (Å²) < 4.78 is 6.52. The van der Waals surface area contributed by atoms with Crippen molar-refractivity contribution in [2.24, 2.45) is 0 Å². The number of nitrogens with zero attached hydrogens (tertiary/aromatic N) is 3. The van der Waals surface area contributed by atoms with Gasteiger partial charge >= 0.3 is 5.69 Å². The number of hydrogen-bond acceptors (Lipinski definition) is 6. The number of nitrogens with one attached hydrogen (secondary N) is 2. The Labute approximate surface area is 183 Å². The zero-order valence-electron chi connectivity index (χ0n) is 18.2. The van der Waals surface area contributed by atoms with E-state index in [1.54, 1.807) is 25.1 Å². The lowest BCUT2D eigenvalue weighted by Gasteiger charge is -2.12. The molecule has 2 N–H and O–H groups in total. The summed E-state index contributed by atoms with van der Waals surface area (Å²) in [4.78, 5) is 44.7. The number of aryl methyl sites for hydroxylation is 1. The van der Waals surface area contributed by atoms with Gasteiger partial charge in [0, 0.05) is 18.0 Å². The molecule has 0 aliphatic rings. The van der Waals surface area contributed by atoms with Gasteiger partial charge in [-0.1, -0.05) is 31.1 Å². The molecule has 2 aromatic heterocycles. The van der Waals surface area contributed by atoms with Crippen LogP contribution in [0.1, 0.15) is 48.4 Å². The number of hydrogen-bond donors (Lipinski definition) is 2. The van der Waals surface area contributed by atoms with Gasteiger partial charge in [0.25, 0.3) is 17.4 Å². The fourth-order valence-corrected chi connectivity index (χ4v) is 3.46. The first-order valence-electron chi connectivity index (χ1n) is 10.3. The summed E-state index contributed by atoms with van der Waals surface area (Å²) in [5.74, 6) is 0.602. The lowest BCUT2D eigenvalue weighted by Crippen LogP contribution is -2.34. The summed E-state index contributed by atoms with van der Waals surface area (Å²) >= 11 is 0. The lowest BCUT2D eigenvalue weighted by atomic mass is 10.1. The molecule has 164 valence electrons. The number of H-pyrrole nitrogens is 1. The van der Waals surface area contributed by atoms with E-state index in [1.165, 1.54) is 6.07 Å². The predicted octanol–water partition coefficient (Wildman–Crippen LogP) is 3.44. The molecule has 2 aromatic carbocycles. The number of amides is 1. The Bertz CT molecular complexity index is 1450. The number of aromatic nitrogens is 4. The van der Waals surface area contributed by atoms with Crippen molar-refractivity contribution in [1.29, 1.82) is 0 Å². The summed E-state index contributed by atoms with van der Waals surface area (Å²) in [6, 6.07) is 10.1. The van der Waals surface area contributed by atoms with Gasteiger partial charge < -0.3 is 14.8 Å². The van der Waals surface area contributed by atoms with Gasteiger partial charge in [-0.3, -0.25) is 14.2 Å². The van der Waals surface area contributed by atoms with E-state index in [0.717, 1.165) is 10.1 Å². The van der Waals surface area contributed by atoms with Crippen LogP contribution in [0.2, 0.25) is 0 Å². The van der Waals surface area contributed by atoms with Crippen LogP contribution >= 0.6 is 0 Å². The van der Waals surface area contributed by atoms with E-state index in [0.29, 0.717) is 39.4 Å². The van der Waals surface area contributed by atoms with Crippen molar-refractivity contribution in [2.45, 2.75) is 40.2 Å². The number of anilines is 1. The van der Waals surface area contributed by atoms with Crippen LogP contribution in [-0.2, 0) is 6.54 Å². The zero-order valence-corrected chi connectivity index (χ0v) is 18.2. The Balaban J connectivity index is 1.72. The standard InChI is InChI=1S/C23H23N5O4/c1-5-28-22(30)15-10-9-14(11-17(15)24-23(28)31)20(29)25-18-13(4)7-6-8-16(18)21-26-19(12(2)3)27-32-21/h6-12H,5H2,1-4H3,(H,24,31)(H,25,29). The summed E-state index contributed by atoms with van der Waals surface area (Å²) in [5.41, 5.74) is 1.67. The van der Waals surface area contributed by atoms with Crippen molar-refractivity contribution in [3.63, 3.8) is 0 Å². The van der Waals surface area contributed by atoms with Crippen LogP contribution < -0.4 is 16.6 Å². The van der Waals surface area contributed by atoms with Gasteiger partial charge in [-0.2, -0.15) is 4.98 Å². The second kappa shape index (κ2) is 8.26. The third-order valence-electron chi connectivity index (χ3n) is 5.26. The Kier molecular flexibility index (Phi) is 5.48. The maximum absolute atomic E-state index is 13.0. The Morgan fingerprint density at radius 2 is 2.00 bits per heavy atom. The lowest BCUT2D eigenvalue weighted by molar-refractivity contribution is 0.102. The summed E-state index contributed by atoms with van der Waals surface area (Å²) in [6.07, 6.45) is 0. The summed E-state index contributed by atoms with van der Waals surface area (Å²) in [6.45, 7) is 7.78. The van der Waals surface area contributed by atoms with E-state index in [2.05, 4.69) is 20.4 Å². The minimum atomic E-state index is -0.513. The third kappa shape index (κ3) is 3.73. The molecule has 0 aliphatic carbocycles. The predicted molar refractivity (Wildman–Crippen MR) is 121 cm³/mol. The minimum absolute atomic E-state index is 0.104. The SMILES string of the molecule is CCn1c(=O)[nH]c2cc(C(=O)Nc3c(C)cccc3-c3nc(C(C)C)no3)ccc2c1=O. The van der Waals surface area contributed by atoms with Gasteiger partial charge in [-0.05, 0) is 43.7 Å². The molecular formula is C23H23N5O4. The Morgan fingerprint density at radius 1 is 1.22 bits per heavy atom. The van der Waals surface area contributed by atoms with E-state index in [9.17, 15) is 14.4 Å². The minimum Gasteiger partial charge on any atom is -0.334 e. The van der Waals surface area contributed by atoms with E-state index in [4.69, 9.17) is 4.52 Å². The molecule has 0 fully saturated rings. The van der Waals surface area contributed by atoms with Crippen LogP contribution in [0.5, 0.6) is 0 Å². The summed E-state index contributed by atoms with van der Waals surface area (Å²) in [7, 11) is 0. The molecule has 4 rings (SSSR count). The normalized spacial score (nSPS) is 11.3. The van der Waals surface area contributed by atoms with Crippen molar-refractivity contribution in [1.82, 2.24) is 19.7 Å². The van der Waals surface area contributed by atoms with Crippen LogP contribution in [0.25, 0.3) is 22.4 Å². The molecule has 0 aliphatic heterocycles. The monoisotopic (exact) mass is 433 g/mol. The van der Waals surface area contributed by atoms with Gasteiger partial charge in [-0.25, -0.2) is 4.79 Å². The molecule has 9 nitrogen and oxygen atoms in total. The Morgan fingerprint density at radius 3 is 2.69 bits per heavy atom. The second-order valence-corrected chi connectivity index (χ2v) is 7.80. The van der Waals surface area contributed by atoms with Crippen molar-refractivity contribution >= 4 is 22.5 Å². The molecule has 32 heavy (non-hydrogen) atoms. The zero-order chi connectivity index (χ0) is 23.0. The highest BCUT2D eigenvalue weighted by Crippen LogP contribution is 2.31. The smallest absolute Gasteiger partial charge is 0.328 e. The number of carbonyl (C=O) groups is 1. The highest BCUT2D eigenvalue weighted by Gasteiger charge is 2.19. The average molecular weight is 433 g/mol. The largest absolute Gasteiger partial charge is 0.334 e. The molecular weight excluding hydrogens is 410 g/mol. The fourth-order valence-electron chi connectivity index (χ4n) is 3.46. The molecule has 0 spiro atoms. The number of rotatable bonds is 5. The van der Waals surface area contributed by atoms with Crippen LogP contribution in [0, 0.1) is 6.92 Å². The Hall–Kier alpha value is -4.01.